The van der Waals surface area contributed by atoms with E-state index in [4.69, 9.17) is 4.74 Å². The number of hydrogen-bond acceptors (Lipinski definition) is 2. The van der Waals surface area contributed by atoms with E-state index in [0.717, 1.165) is 10.0 Å². The van der Waals surface area contributed by atoms with Crippen molar-refractivity contribution in [3.63, 3.8) is 0 Å². The first-order chi connectivity index (χ1) is 8.31. The molecule has 6 heteroatoms. The number of halogens is 4. The van der Waals surface area contributed by atoms with Crippen LogP contribution >= 0.6 is 15.9 Å². The molecule has 1 aromatic rings. The third-order valence-corrected chi connectivity index (χ3v) is 3.03. The standard InChI is InChI=1S/C12H15BrF3NO/c1-8(6-12(14,15)16)17-7-9-3-4-11(18-2)10(13)5-9/h3-5,8,17H,6-7H2,1-2H3. The fourth-order valence-corrected chi connectivity index (χ4v) is 2.12. The summed E-state index contributed by atoms with van der Waals surface area (Å²) in [6.45, 7) is 1.91. The zero-order valence-corrected chi connectivity index (χ0v) is 11.7. The van der Waals surface area contributed by atoms with Crippen molar-refractivity contribution in [3.8, 4) is 5.75 Å². The number of alkyl halides is 3. The van der Waals surface area contributed by atoms with Gasteiger partial charge in [-0.05, 0) is 40.5 Å². The van der Waals surface area contributed by atoms with Gasteiger partial charge in [0.1, 0.15) is 5.75 Å². The van der Waals surface area contributed by atoms with Crippen molar-refractivity contribution in [1.82, 2.24) is 5.32 Å². The highest BCUT2D eigenvalue weighted by Crippen LogP contribution is 2.26. The van der Waals surface area contributed by atoms with Crippen LogP contribution in [0.25, 0.3) is 0 Å². The molecule has 1 atom stereocenters. The van der Waals surface area contributed by atoms with E-state index in [2.05, 4.69) is 21.2 Å². The predicted molar refractivity (Wildman–Crippen MR) is 67.7 cm³/mol. The molecular formula is C12H15BrF3NO. The van der Waals surface area contributed by atoms with Crippen LogP contribution in [0.5, 0.6) is 5.75 Å². The zero-order valence-electron chi connectivity index (χ0n) is 10.1. The monoisotopic (exact) mass is 325 g/mol. The van der Waals surface area contributed by atoms with Gasteiger partial charge in [0.25, 0.3) is 0 Å². The molecule has 1 N–H and O–H groups in total. The largest absolute Gasteiger partial charge is 0.496 e. The minimum absolute atomic E-state index is 0.389. The van der Waals surface area contributed by atoms with Gasteiger partial charge in [-0.3, -0.25) is 0 Å². The van der Waals surface area contributed by atoms with Crippen LogP contribution in [0, 0.1) is 0 Å². The molecule has 0 aromatic heterocycles. The van der Waals surface area contributed by atoms with Crippen molar-refractivity contribution in [2.24, 2.45) is 0 Å². The normalized spacial score (nSPS) is 13.4. The first-order valence-corrected chi connectivity index (χ1v) is 6.23. The first-order valence-electron chi connectivity index (χ1n) is 5.44. The molecule has 0 spiro atoms. The molecule has 0 bridgehead atoms. The van der Waals surface area contributed by atoms with E-state index < -0.39 is 18.6 Å². The number of ether oxygens (including phenoxy) is 1. The van der Waals surface area contributed by atoms with Crippen LogP contribution in [0.15, 0.2) is 22.7 Å². The van der Waals surface area contributed by atoms with Crippen molar-refractivity contribution in [2.75, 3.05) is 7.11 Å². The van der Waals surface area contributed by atoms with Crippen molar-refractivity contribution in [3.05, 3.63) is 28.2 Å². The molecule has 0 aliphatic carbocycles. The number of rotatable bonds is 5. The molecule has 18 heavy (non-hydrogen) atoms. The summed E-state index contributed by atoms with van der Waals surface area (Å²) in [5.74, 6) is 0.696. The number of hydrogen-bond donors (Lipinski definition) is 1. The Morgan fingerprint density at radius 1 is 1.39 bits per heavy atom. The maximum atomic E-state index is 12.1. The average Bonchev–Trinajstić information content (AvgIpc) is 2.24. The van der Waals surface area contributed by atoms with Crippen LogP contribution in [0.2, 0.25) is 0 Å². The van der Waals surface area contributed by atoms with Crippen LogP contribution in [0.3, 0.4) is 0 Å². The van der Waals surface area contributed by atoms with Crippen LogP contribution in [-0.4, -0.2) is 19.3 Å². The molecule has 0 heterocycles. The van der Waals surface area contributed by atoms with Gasteiger partial charge in [0.2, 0.25) is 0 Å². The predicted octanol–water partition coefficient (Wildman–Crippen LogP) is 3.89. The summed E-state index contributed by atoms with van der Waals surface area (Å²) in [5, 5.41) is 2.84. The Labute approximate surface area is 113 Å². The van der Waals surface area contributed by atoms with Crippen LogP contribution < -0.4 is 10.1 Å². The quantitative estimate of drug-likeness (QED) is 0.886. The van der Waals surface area contributed by atoms with Crippen molar-refractivity contribution in [2.45, 2.75) is 32.1 Å². The van der Waals surface area contributed by atoms with E-state index in [1.165, 1.54) is 6.92 Å². The molecule has 0 saturated carbocycles. The fraction of sp³-hybridized carbons (Fsp3) is 0.500. The molecule has 0 radical (unpaired) electrons. The molecular weight excluding hydrogens is 311 g/mol. The second kappa shape index (κ2) is 6.43. The van der Waals surface area contributed by atoms with Gasteiger partial charge in [-0.2, -0.15) is 13.2 Å². The molecule has 0 amide bonds. The third kappa shape index (κ3) is 5.27. The van der Waals surface area contributed by atoms with E-state index >= 15 is 0 Å². The molecule has 0 saturated heterocycles. The fourth-order valence-electron chi connectivity index (χ4n) is 1.53. The molecule has 0 aliphatic heterocycles. The van der Waals surface area contributed by atoms with Gasteiger partial charge < -0.3 is 10.1 Å². The van der Waals surface area contributed by atoms with E-state index in [-0.39, 0.29) is 0 Å². The van der Waals surface area contributed by atoms with Gasteiger partial charge in [0.15, 0.2) is 0 Å². The van der Waals surface area contributed by atoms with Gasteiger partial charge in [0.05, 0.1) is 18.0 Å². The van der Waals surface area contributed by atoms with Gasteiger partial charge in [-0.15, -0.1) is 0 Å². The van der Waals surface area contributed by atoms with E-state index in [9.17, 15) is 13.2 Å². The van der Waals surface area contributed by atoms with E-state index in [1.54, 1.807) is 13.2 Å². The highest BCUT2D eigenvalue weighted by molar-refractivity contribution is 9.10. The highest BCUT2D eigenvalue weighted by atomic mass is 79.9. The lowest BCUT2D eigenvalue weighted by molar-refractivity contribution is -0.139. The molecule has 2 nitrogen and oxygen atoms in total. The maximum absolute atomic E-state index is 12.1. The summed E-state index contributed by atoms with van der Waals surface area (Å²) in [5.41, 5.74) is 0.900. The number of benzene rings is 1. The SMILES string of the molecule is COc1ccc(CNC(C)CC(F)(F)F)cc1Br. The van der Waals surface area contributed by atoms with E-state index in [0.29, 0.717) is 12.3 Å². The Morgan fingerprint density at radius 3 is 2.56 bits per heavy atom. The summed E-state index contributed by atoms with van der Waals surface area (Å²) in [4.78, 5) is 0. The van der Waals surface area contributed by atoms with Gasteiger partial charge in [-0.25, -0.2) is 0 Å². The molecule has 0 aliphatic rings. The number of nitrogens with one attached hydrogen (secondary N) is 1. The van der Waals surface area contributed by atoms with Crippen molar-refractivity contribution >= 4 is 15.9 Å². The Kier molecular flexibility index (Phi) is 5.47. The smallest absolute Gasteiger partial charge is 0.390 e. The average molecular weight is 326 g/mol. The van der Waals surface area contributed by atoms with E-state index in [1.807, 2.05) is 12.1 Å². The molecule has 0 fully saturated rings. The summed E-state index contributed by atoms with van der Waals surface area (Å²) >= 11 is 3.33. The molecule has 1 aromatic carbocycles. The van der Waals surface area contributed by atoms with Crippen LogP contribution in [0.4, 0.5) is 13.2 Å². The van der Waals surface area contributed by atoms with Crippen molar-refractivity contribution in [1.29, 1.82) is 0 Å². The summed E-state index contributed by atoms with van der Waals surface area (Å²) in [6.07, 6.45) is -4.96. The number of methoxy groups -OCH3 is 1. The third-order valence-electron chi connectivity index (χ3n) is 2.41. The van der Waals surface area contributed by atoms with Crippen LogP contribution in [0.1, 0.15) is 18.9 Å². The minimum atomic E-state index is -4.13. The Balaban J connectivity index is 2.51. The highest BCUT2D eigenvalue weighted by Gasteiger charge is 2.29. The summed E-state index contributed by atoms with van der Waals surface area (Å²) in [6, 6.07) is 4.81. The van der Waals surface area contributed by atoms with Gasteiger partial charge >= 0.3 is 6.18 Å². The minimum Gasteiger partial charge on any atom is -0.496 e. The molecule has 1 rings (SSSR count). The topological polar surface area (TPSA) is 21.3 Å². The second-order valence-corrected chi connectivity index (χ2v) is 4.92. The van der Waals surface area contributed by atoms with Crippen LogP contribution in [-0.2, 0) is 6.54 Å². The maximum Gasteiger partial charge on any atom is 0.390 e. The zero-order chi connectivity index (χ0) is 13.8. The Hall–Kier alpha value is -0.750. The first kappa shape index (κ1) is 15.3. The van der Waals surface area contributed by atoms with Gasteiger partial charge in [-0.1, -0.05) is 6.07 Å². The van der Waals surface area contributed by atoms with Crippen molar-refractivity contribution < 1.29 is 17.9 Å². The Morgan fingerprint density at radius 2 is 2.06 bits per heavy atom. The summed E-state index contributed by atoms with van der Waals surface area (Å²) < 4.78 is 42.3. The molecule has 102 valence electrons. The van der Waals surface area contributed by atoms with Gasteiger partial charge in [0, 0.05) is 12.6 Å². The lowest BCUT2D eigenvalue weighted by Crippen LogP contribution is -2.30. The molecule has 1 unspecified atom stereocenters. The summed E-state index contributed by atoms with van der Waals surface area (Å²) in [7, 11) is 1.56. The lowest BCUT2D eigenvalue weighted by atomic mass is 10.2. The lowest BCUT2D eigenvalue weighted by Gasteiger charge is -2.16. The Bertz CT molecular complexity index is 395. The second-order valence-electron chi connectivity index (χ2n) is 4.07.